The van der Waals surface area contributed by atoms with Gasteiger partial charge in [-0.15, -0.1) is 11.3 Å². The van der Waals surface area contributed by atoms with E-state index in [1.807, 2.05) is 13.1 Å². The number of aryl methyl sites for hydroxylation is 2. The van der Waals surface area contributed by atoms with Gasteiger partial charge in [0.1, 0.15) is 10.7 Å². The maximum atomic E-state index is 11.8. The summed E-state index contributed by atoms with van der Waals surface area (Å²) in [5, 5.41) is 12.2. The number of hydrogen-bond acceptors (Lipinski definition) is 5. The Hall–Kier alpha value is -1.73. The van der Waals surface area contributed by atoms with E-state index in [2.05, 4.69) is 20.5 Å². The Labute approximate surface area is 115 Å². The van der Waals surface area contributed by atoms with Crippen LogP contribution in [0.4, 0.5) is 0 Å². The summed E-state index contributed by atoms with van der Waals surface area (Å²) in [7, 11) is 0. The van der Waals surface area contributed by atoms with Crippen LogP contribution in [0.25, 0.3) is 0 Å². The fourth-order valence-corrected chi connectivity index (χ4v) is 2.36. The Morgan fingerprint density at radius 1 is 1.58 bits per heavy atom. The number of rotatable bonds is 6. The lowest BCUT2D eigenvalue weighted by atomic mass is 10.1. The molecule has 0 bridgehead atoms. The van der Waals surface area contributed by atoms with E-state index in [0.717, 1.165) is 23.5 Å². The van der Waals surface area contributed by atoms with E-state index < -0.39 is 0 Å². The van der Waals surface area contributed by atoms with E-state index in [1.54, 1.807) is 5.38 Å². The third kappa shape index (κ3) is 3.62. The number of hydrogen-bond donors (Lipinski definition) is 3. The smallest absolute Gasteiger partial charge is 0.270 e. The molecule has 7 heteroatoms. The highest BCUT2D eigenvalue weighted by atomic mass is 32.1. The summed E-state index contributed by atoms with van der Waals surface area (Å²) < 4.78 is 0. The Bertz CT molecular complexity index is 548. The standard InChI is InChI=1S/C12H17N5OS/c1-8-9(6-15-17-8)3-2-4-14-12(18)10-7-19-11(5-13)16-10/h6-7H,2-5,13H2,1H3,(H,14,18)(H,15,17). The molecule has 0 atom stereocenters. The fraction of sp³-hybridized carbons (Fsp3) is 0.417. The van der Waals surface area contributed by atoms with Crippen molar-refractivity contribution >= 4 is 17.2 Å². The predicted molar refractivity (Wildman–Crippen MR) is 74.0 cm³/mol. The maximum absolute atomic E-state index is 11.8. The minimum absolute atomic E-state index is 0.139. The van der Waals surface area contributed by atoms with Gasteiger partial charge in [0.15, 0.2) is 0 Å². The highest BCUT2D eigenvalue weighted by molar-refractivity contribution is 7.09. The summed E-state index contributed by atoms with van der Waals surface area (Å²) in [4.78, 5) is 15.9. The second kappa shape index (κ2) is 6.44. The van der Waals surface area contributed by atoms with Gasteiger partial charge < -0.3 is 11.1 Å². The molecule has 0 fully saturated rings. The molecule has 0 aromatic carbocycles. The van der Waals surface area contributed by atoms with Gasteiger partial charge in [-0.05, 0) is 25.3 Å². The van der Waals surface area contributed by atoms with Crippen molar-refractivity contribution in [1.29, 1.82) is 0 Å². The zero-order chi connectivity index (χ0) is 13.7. The number of H-pyrrole nitrogens is 1. The molecule has 2 aromatic rings. The number of carbonyl (C=O) groups excluding carboxylic acids is 1. The first-order chi connectivity index (χ1) is 9.20. The van der Waals surface area contributed by atoms with Crippen LogP contribution < -0.4 is 11.1 Å². The number of thiazole rings is 1. The van der Waals surface area contributed by atoms with Crippen molar-refractivity contribution in [3.63, 3.8) is 0 Å². The van der Waals surface area contributed by atoms with Gasteiger partial charge in [-0.3, -0.25) is 9.89 Å². The Morgan fingerprint density at radius 3 is 3.05 bits per heavy atom. The third-order valence-electron chi connectivity index (χ3n) is 2.80. The van der Waals surface area contributed by atoms with Gasteiger partial charge in [0.2, 0.25) is 0 Å². The summed E-state index contributed by atoms with van der Waals surface area (Å²) in [6.45, 7) is 2.99. The van der Waals surface area contributed by atoms with Gasteiger partial charge in [0.25, 0.3) is 5.91 Å². The lowest BCUT2D eigenvalue weighted by molar-refractivity contribution is 0.0949. The van der Waals surface area contributed by atoms with E-state index in [9.17, 15) is 4.79 Å². The van der Waals surface area contributed by atoms with Gasteiger partial charge in [0.05, 0.1) is 6.20 Å². The fourth-order valence-electron chi connectivity index (χ4n) is 1.71. The first-order valence-electron chi connectivity index (χ1n) is 6.12. The number of aromatic amines is 1. The molecule has 1 amide bonds. The second-order valence-electron chi connectivity index (χ2n) is 4.21. The van der Waals surface area contributed by atoms with Crippen molar-refractivity contribution in [1.82, 2.24) is 20.5 Å². The summed E-state index contributed by atoms with van der Waals surface area (Å²) >= 11 is 1.41. The minimum atomic E-state index is -0.139. The molecule has 0 spiro atoms. The molecule has 0 aliphatic carbocycles. The van der Waals surface area contributed by atoms with Gasteiger partial charge in [-0.1, -0.05) is 0 Å². The second-order valence-corrected chi connectivity index (χ2v) is 5.15. The quantitative estimate of drug-likeness (QED) is 0.687. The summed E-state index contributed by atoms with van der Waals surface area (Å²) in [6.07, 6.45) is 3.60. The Kier molecular flexibility index (Phi) is 4.64. The molecule has 19 heavy (non-hydrogen) atoms. The van der Waals surface area contributed by atoms with Crippen LogP contribution in [0.15, 0.2) is 11.6 Å². The lowest BCUT2D eigenvalue weighted by Crippen LogP contribution is -2.25. The number of nitrogens with two attached hydrogens (primary N) is 1. The normalized spacial score (nSPS) is 10.6. The molecule has 102 valence electrons. The van der Waals surface area contributed by atoms with Crippen molar-refractivity contribution in [2.45, 2.75) is 26.3 Å². The molecular weight excluding hydrogens is 262 g/mol. The Balaban J connectivity index is 1.73. The van der Waals surface area contributed by atoms with Gasteiger partial charge in [0, 0.05) is 24.2 Å². The summed E-state index contributed by atoms with van der Waals surface area (Å²) in [6, 6.07) is 0. The van der Waals surface area contributed by atoms with Crippen molar-refractivity contribution in [3.8, 4) is 0 Å². The van der Waals surface area contributed by atoms with E-state index >= 15 is 0 Å². The van der Waals surface area contributed by atoms with Crippen LogP contribution in [0.2, 0.25) is 0 Å². The number of carbonyl (C=O) groups is 1. The molecule has 4 N–H and O–H groups in total. The molecule has 2 aromatic heterocycles. The first kappa shape index (κ1) is 13.7. The molecule has 2 rings (SSSR count). The van der Waals surface area contributed by atoms with Crippen LogP contribution in [-0.4, -0.2) is 27.6 Å². The molecule has 0 saturated carbocycles. The van der Waals surface area contributed by atoms with Crippen molar-refractivity contribution in [2.24, 2.45) is 5.73 Å². The zero-order valence-corrected chi connectivity index (χ0v) is 11.6. The predicted octanol–water partition coefficient (Wildman–Crippen LogP) is 0.996. The van der Waals surface area contributed by atoms with E-state index in [-0.39, 0.29) is 5.91 Å². The number of nitrogens with one attached hydrogen (secondary N) is 2. The maximum Gasteiger partial charge on any atom is 0.270 e. The molecule has 0 radical (unpaired) electrons. The van der Waals surface area contributed by atoms with Crippen LogP contribution in [0.1, 0.15) is 33.2 Å². The largest absolute Gasteiger partial charge is 0.351 e. The minimum Gasteiger partial charge on any atom is -0.351 e. The Morgan fingerprint density at radius 2 is 2.42 bits per heavy atom. The highest BCUT2D eigenvalue weighted by Gasteiger charge is 2.09. The van der Waals surface area contributed by atoms with Crippen molar-refractivity contribution in [3.05, 3.63) is 33.5 Å². The average molecular weight is 279 g/mol. The van der Waals surface area contributed by atoms with Crippen LogP contribution in [0.3, 0.4) is 0 Å². The molecule has 0 aliphatic heterocycles. The zero-order valence-electron chi connectivity index (χ0n) is 10.8. The van der Waals surface area contributed by atoms with Crippen LogP contribution in [0.5, 0.6) is 0 Å². The molecular formula is C12H17N5OS. The van der Waals surface area contributed by atoms with Crippen LogP contribution >= 0.6 is 11.3 Å². The first-order valence-corrected chi connectivity index (χ1v) is 7.00. The average Bonchev–Trinajstić information content (AvgIpc) is 3.03. The summed E-state index contributed by atoms with van der Waals surface area (Å²) in [5.74, 6) is -0.139. The van der Waals surface area contributed by atoms with E-state index in [1.165, 1.54) is 16.9 Å². The van der Waals surface area contributed by atoms with Gasteiger partial charge in [-0.25, -0.2) is 4.98 Å². The summed E-state index contributed by atoms with van der Waals surface area (Å²) in [5.41, 5.74) is 8.18. The van der Waals surface area contributed by atoms with Crippen LogP contribution in [0, 0.1) is 6.92 Å². The van der Waals surface area contributed by atoms with Crippen LogP contribution in [-0.2, 0) is 13.0 Å². The van der Waals surface area contributed by atoms with E-state index in [4.69, 9.17) is 5.73 Å². The number of aromatic nitrogens is 3. The molecule has 0 aliphatic rings. The molecule has 2 heterocycles. The molecule has 0 saturated heterocycles. The monoisotopic (exact) mass is 279 g/mol. The molecule has 0 unspecified atom stereocenters. The SMILES string of the molecule is Cc1[nH]ncc1CCCNC(=O)c1csc(CN)n1. The lowest BCUT2D eigenvalue weighted by Gasteiger charge is -2.02. The van der Waals surface area contributed by atoms with Gasteiger partial charge in [-0.2, -0.15) is 5.10 Å². The highest BCUT2D eigenvalue weighted by Crippen LogP contribution is 2.09. The number of nitrogens with zero attached hydrogens (tertiary/aromatic N) is 2. The van der Waals surface area contributed by atoms with Gasteiger partial charge >= 0.3 is 0 Å². The number of amides is 1. The third-order valence-corrected chi connectivity index (χ3v) is 3.67. The van der Waals surface area contributed by atoms with Crippen molar-refractivity contribution < 1.29 is 4.79 Å². The topological polar surface area (TPSA) is 96.7 Å². The van der Waals surface area contributed by atoms with Crippen molar-refractivity contribution in [2.75, 3.05) is 6.54 Å². The molecule has 6 nitrogen and oxygen atoms in total. The van der Waals surface area contributed by atoms with E-state index in [0.29, 0.717) is 18.8 Å².